The van der Waals surface area contributed by atoms with Gasteiger partial charge in [-0.2, -0.15) is 5.26 Å². The molecule has 142 valence electrons. The number of benzene rings is 1. The fraction of sp³-hybridized carbons (Fsp3) is 0.571. The summed E-state index contributed by atoms with van der Waals surface area (Å²) in [5, 5.41) is 12.8. The van der Waals surface area contributed by atoms with E-state index in [1.807, 2.05) is 35.2 Å². The third-order valence-electron chi connectivity index (χ3n) is 6.21. The first-order valence-corrected chi connectivity index (χ1v) is 9.90. The van der Waals surface area contributed by atoms with Crippen LogP contribution in [0.2, 0.25) is 0 Å². The molecule has 1 unspecified atom stereocenters. The molecule has 1 N–H and O–H groups in total. The topological polar surface area (TPSA) is 76.4 Å². The lowest BCUT2D eigenvalue weighted by atomic mass is 9.74. The highest BCUT2D eigenvalue weighted by atomic mass is 16.2. The van der Waals surface area contributed by atoms with Crippen LogP contribution in [0.15, 0.2) is 30.3 Å². The molecule has 2 aliphatic heterocycles. The van der Waals surface area contributed by atoms with Crippen LogP contribution in [-0.2, 0) is 10.2 Å². The Labute approximate surface area is 160 Å². The summed E-state index contributed by atoms with van der Waals surface area (Å²) in [6.45, 7) is 2.47. The number of likely N-dealkylation sites (tertiary alicyclic amines) is 2. The van der Waals surface area contributed by atoms with E-state index in [0.29, 0.717) is 44.9 Å². The molecule has 0 aromatic heterocycles. The largest absolute Gasteiger partial charge is 0.339 e. The van der Waals surface area contributed by atoms with Crippen molar-refractivity contribution in [1.82, 2.24) is 15.1 Å². The molecule has 4 rings (SSSR count). The van der Waals surface area contributed by atoms with E-state index >= 15 is 0 Å². The highest BCUT2D eigenvalue weighted by Crippen LogP contribution is 2.35. The number of carbonyl (C=O) groups is 2. The van der Waals surface area contributed by atoms with Gasteiger partial charge in [0.1, 0.15) is 0 Å². The first kappa shape index (κ1) is 17.8. The van der Waals surface area contributed by atoms with Gasteiger partial charge in [0.25, 0.3) is 0 Å². The lowest BCUT2D eigenvalue weighted by Crippen LogP contribution is -2.49. The van der Waals surface area contributed by atoms with E-state index in [2.05, 4.69) is 11.4 Å². The van der Waals surface area contributed by atoms with Crippen molar-refractivity contribution in [2.45, 2.75) is 43.6 Å². The number of nitrogens with one attached hydrogen (secondary N) is 1. The van der Waals surface area contributed by atoms with Gasteiger partial charge >= 0.3 is 6.03 Å². The maximum atomic E-state index is 12.5. The number of rotatable bonds is 4. The van der Waals surface area contributed by atoms with Gasteiger partial charge in [0.05, 0.1) is 11.5 Å². The van der Waals surface area contributed by atoms with Gasteiger partial charge in [0, 0.05) is 44.6 Å². The minimum Gasteiger partial charge on any atom is -0.339 e. The Morgan fingerprint density at radius 2 is 1.93 bits per heavy atom. The van der Waals surface area contributed by atoms with Crippen LogP contribution in [0.3, 0.4) is 0 Å². The van der Waals surface area contributed by atoms with Gasteiger partial charge in [0.2, 0.25) is 5.91 Å². The molecule has 1 atom stereocenters. The number of nitriles is 1. The van der Waals surface area contributed by atoms with E-state index in [4.69, 9.17) is 0 Å². The third-order valence-corrected chi connectivity index (χ3v) is 6.21. The van der Waals surface area contributed by atoms with Crippen molar-refractivity contribution >= 4 is 11.9 Å². The molecule has 3 fully saturated rings. The molecule has 1 saturated carbocycles. The van der Waals surface area contributed by atoms with Gasteiger partial charge < -0.3 is 15.1 Å². The predicted octanol–water partition coefficient (Wildman–Crippen LogP) is 2.26. The van der Waals surface area contributed by atoms with Gasteiger partial charge in [-0.1, -0.05) is 30.3 Å². The SMILES string of the molecule is N#CC1(c2ccccc2)CCN(C(=O)NCC2CC(=O)N(C3CC3)C2)CC1. The zero-order valence-electron chi connectivity index (χ0n) is 15.6. The third kappa shape index (κ3) is 3.64. The molecule has 6 heteroatoms. The Balaban J connectivity index is 1.28. The molecule has 6 nitrogen and oxygen atoms in total. The normalized spacial score (nSPS) is 24.6. The van der Waals surface area contributed by atoms with Crippen molar-refractivity contribution in [2.75, 3.05) is 26.2 Å². The minimum absolute atomic E-state index is 0.0769. The Morgan fingerprint density at radius 1 is 1.22 bits per heavy atom. The molecule has 0 spiro atoms. The molecular formula is C21H26N4O2. The van der Waals surface area contributed by atoms with Crippen LogP contribution in [0.5, 0.6) is 0 Å². The van der Waals surface area contributed by atoms with Gasteiger partial charge in [-0.25, -0.2) is 4.79 Å². The summed E-state index contributed by atoms with van der Waals surface area (Å²) >= 11 is 0. The summed E-state index contributed by atoms with van der Waals surface area (Å²) in [6.07, 6.45) is 4.10. The number of piperidine rings is 1. The summed E-state index contributed by atoms with van der Waals surface area (Å²) in [5.41, 5.74) is 0.540. The lowest BCUT2D eigenvalue weighted by Gasteiger charge is -2.37. The monoisotopic (exact) mass is 366 g/mol. The highest BCUT2D eigenvalue weighted by Gasteiger charge is 2.40. The van der Waals surface area contributed by atoms with E-state index in [9.17, 15) is 14.9 Å². The van der Waals surface area contributed by atoms with Crippen molar-refractivity contribution in [1.29, 1.82) is 5.26 Å². The van der Waals surface area contributed by atoms with E-state index in [0.717, 1.165) is 24.9 Å². The Morgan fingerprint density at radius 3 is 2.56 bits per heavy atom. The van der Waals surface area contributed by atoms with Crippen LogP contribution in [0.25, 0.3) is 0 Å². The minimum atomic E-state index is -0.499. The molecule has 27 heavy (non-hydrogen) atoms. The maximum Gasteiger partial charge on any atom is 0.317 e. The van der Waals surface area contributed by atoms with Crippen molar-refractivity contribution in [2.24, 2.45) is 5.92 Å². The number of urea groups is 1. The predicted molar refractivity (Wildman–Crippen MR) is 101 cm³/mol. The Hall–Kier alpha value is -2.55. The Bertz CT molecular complexity index is 745. The smallest absolute Gasteiger partial charge is 0.317 e. The quantitative estimate of drug-likeness (QED) is 0.888. The van der Waals surface area contributed by atoms with Crippen molar-refractivity contribution in [3.63, 3.8) is 0 Å². The van der Waals surface area contributed by atoms with Crippen LogP contribution in [0.1, 0.15) is 37.7 Å². The fourth-order valence-corrected chi connectivity index (χ4v) is 4.34. The fourth-order valence-electron chi connectivity index (χ4n) is 4.34. The first-order chi connectivity index (χ1) is 13.1. The van der Waals surface area contributed by atoms with Crippen LogP contribution in [-0.4, -0.2) is 54.0 Å². The second kappa shape index (κ2) is 7.22. The summed E-state index contributed by atoms with van der Waals surface area (Å²) in [5.74, 6) is 0.450. The first-order valence-electron chi connectivity index (χ1n) is 9.90. The van der Waals surface area contributed by atoms with Crippen molar-refractivity contribution < 1.29 is 9.59 Å². The van der Waals surface area contributed by atoms with Gasteiger partial charge in [-0.3, -0.25) is 4.79 Å². The lowest BCUT2D eigenvalue weighted by molar-refractivity contribution is -0.128. The molecule has 3 amide bonds. The van der Waals surface area contributed by atoms with E-state index < -0.39 is 5.41 Å². The van der Waals surface area contributed by atoms with E-state index in [1.54, 1.807) is 4.90 Å². The number of hydrogen-bond acceptors (Lipinski definition) is 3. The van der Waals surface area contributed by atoms with Gasteiger partial charge in [-0.05, 0) is 31.2 Å². The maximum absolute atomic E-state index is 12.5. The molecule has 2 heterocycles. The highest BCUT2D eigenvalue weighted by molar-refractivity contribution is 5.79. The molecule has 1 aliphatic carbocycles. The van der Waals surface area contributed by atoms with Crippen LogP contribution >= 0.6 is 0 Å². The van der Waals surface area contributed by atoms with Gasteiger partial charge in [0.15, 0.2) is 0 Å². The molecule has 0 bridgehead atoms. The number of amides is 3. The average molecular weight is 366 g/mol. The number of hydrogen-bond donors (Lipinski definition) is 1. The average Bonchev–Trinajstić information content (AvgIpc) is 3.49. The number of carbonyl (C=O) groups excluding carboxylic acids is 2. The van der Waals surface area contributed by atoms with E-state index in [1.165, 1.54) is 0 Å². The van der Waals surface area contributed by atoms with Crippen LogP contribution in [0, 0.1) is 17.2 Å². The standard InChI is InChI=1S/C21H26N4O2/c22-15-21(17-4-2-1-3-5-17)8-10-24(11-9-21)20(27)23-13-16-12-19(26)25(14-16)18-6-7-18/h1-5,16,18H,6-14H2,(H,23,27). The summed E-state index contributed by atoms with van der Waals surface area (Å²) < 4.78 is 0. The van der Waals surface area contributed by atoms with E-state index in [-0.39, 0.29) is 17.9 Å². The number of nitrogens with zero attached hydrogens (tertiary/aromatic N) is 3. The second-order valence-electron chi connectivity index (χ2n) is 8.08. The van der Waals surface area contributed by atoms with Crippen molar-refractivity contribution in [3.05, 3.63) is 35.9 Å². The molecule has 0 radical (unpaired) electrons. The molecular weight excluding hydrogens is 340 g/mol. The van der Waals surface area contributed by atoms with Crippen LogP contribution < -0.4 is 5.32 Å². The summed E-state index contributed by atoms with van der Waals surface area (Å²) in [7, 11) is 0. The second-order valence-corrected chi connectivity index (χ2v) is 8.08. The molecule has 3 aliphatic rings. The molecule has 1 aromatic rings. The molecule has 1 aromatic carbocycles. The summed E-state index contributed by atoms with van der Waals surface area (Å²) in [4.78, 5) is 28.3. The molecule has 2 saturated heterocycles. The van der Waals surface area contributed by atoms with Crippen molar-refractivity contribution in [3.8, 4) is 6.07 Å². The Kier molecular flexibility index (Phi) is 4.77. The zero-order valence-corrected chi connectivity index (χ0v) is 15.6. The summed E-state index contributed by atoms with van der Waals surface area (Å²) in [6, 6.07) is 12.7. The van der Waals surface area contributed by atoms with Gasteiger partial charge in [-0.15, -0.1) is 0 Å². The zero-order chi connectivity index (χ0) is 18.9. The van der Waals surface area contributed by atoms with Crippen LogP contribution in [0.4, 0.5) is 4.79 Å².